The van der Waals surface area contributed by atoms with Crippen molar-refractivity contribution in [3.05, 3.63) is 28.7 Å². The first-order valence-corrected chi connectivity index (χ1v) is 6.46. The van der Waals surface area contributed by atoms with Crippen molar-refractivity contribution >= 4 is 33.7 Å². The fraction of sp³-hybridized carbons (Fsp3) is 0.364. The lowest BCUT2D eigenvalue weighted by atomic mass is 10.3. The van der Waals surface area contributed by atoms with Gasteiger partial charge in [-0.1, -0.05) is 12.1 Å². The van der Waals surface area contributed by atoms with Crippen LogP contribution in [0.15, 0.2) is 33.6 Å². The molecule has 1 aliphatic heterocycles. The van der Waals surface area contributed by atoms with Gasteiger partial charge in [-0.2, -0.15) is 0 Å². The maximum atomic E-state index is 11.4. The number of benzene rings is 1. The van der Waals surface area contributed by atoms with Crippen molar-refractivity contribution in [3.63, 3.8) is 0 Å². The van der Waals surface area contributed by atoms with E-state index in [0.29, 0.717) is 0 Å². The van der Waals surface area contributed by atoms with Gasteiger partial charge in [-0.05, 0) is 35.0 Å². The molecule has 0 aromatic heterocycles. The number of rotatable bonds is 2. The summed E-state index contributed by atoms with van der Waals surface area (Å²) in [6.45, 7) is 1.93. The smallest absolute Gasteiger partial charge is 0.319 e. The maximum Gasteiger partial charge on any atom is 0.319 e. The molecule has 1 heterocycles. The molecule has 0 amide bonds. The first-order chi connectivity index (χ1) is 7.16. The molecule has 0 saturated carbocycles. The lowest BCUT2D eigenvalue weighted by Gasteiger charge is -2.06. The van der Waals surface area contributed by atoms with E-state index in [1.54, 1.807) is 11.8 Å². The molecule has 0 spiro atoms. The standard InChI is InChI=1S/C11H11BrO2S/c1-7-6-10(11(13)14-7)15-9-5-3-2-4-8(9)12/h2-5,7,10H,6H2,1H3/t7-,10+/m1/s1. The highest BCUT2D eigenvalue weighted by Gasteiger charge is 2.32. The van der Waals surface area contributed by atoms with Crippen molar-refractivity contribution < 1.29 is 9.53 Å². The molecule has 80 valence electrons. The zero-order chi connectivity index (χ0) is 10.8. The van der Waals surface area contributed by atoms with Crippen LogP contribution >= 0.6 is 27.7 Å². The highest BCUT2D eigenvalue weighted by molar-refractivity contribution is 9.10. The molecule has 15 heavy (non-hydrogen) atoms. The van der Waals surface area contributed by atoms with E-state index in [4.69, 9.17) is 4.74 Å². The number of carbonyl (C=O) groups is 1. The Balaban J connectivity index is 2.09. The van der Waals surface area contributed by atoms with Gasteiger partial charge in [0, 0.05) is 15.8 Å². The van der Waals surface area contributed by atoms with Crippen LogP contribution in [0.3, 0.4) is 0 Å². The number of ether oxygens (including phenoxy) is 1. The number of carbonyl (C=O) groups excluding carboxylic acids is 1. The molecular weight excluding hydrogens is 276 g/mol. The maximum absolute atomic E-state index is 11.4. The summed E-state index contributed by atoms with van der Waals surface area (Å²) < 4.78 is 6.14. The minimum Gasteiger partial charge on any atom is -0.462 e. The summed E-state index contributed by atoms with van der Waals surface area (Å²) in [4.78, 5) is 12.5. The SMILES string of the molecule is C[C@@H]1C[C@H](Sc2ccccc2Br)C(=O)O1. The summed E-state index contributed by atoms with van der Waals surface area (Å²) in [6, 6.07) is 7.91. The Morgan fingerprint density at radius 1 is 1.47 bits per heavy atom. The second-order valence-corrected chi connectivity index (χ2v) is 5.62. The molecule has 0 bridgehead atoms. The second-order valence-electron chi connectivity index (χ2n) is 3.52. The first kappa shape index (κ1) is 11.0. The summed E-state index contributed by atoms with van der Waals surface area (Å²) in [5.41, 5.74) is 0. The Hall–Kier alpha value is -0.480. The van der Waals surface area contributed by atoms with E-state index in [1.807, 2.05) is 31.2 Å². The largest absolute Gasteiger partial charge is 0.462 e. The lowest BCUT2D eigenvalue weighted by molar-refractivity contribution is -0.140. The van der Waals surface area contributed by atoms with Crippen LogP contribution in [0.1, 0.15) is 13.3 Å². The third-order valence-electron chi connectivity index (χ3n) is 2.23. The van der Waals surface area contributed by atoms with Gasteiger partial charge >= 0.3 is 5.97 Å². The van der Waals surface area contributed by atoms with Crippen molar-refractivity contribution in [2.24, 2.45) is 0 Å². The molecule has 4 heteroatoms. The van der Waals surface area contributed by atoms with E-state index >= 15 is 0 Å². The summed E-state index contributed by atoms with van der Waals surface area (Å²) in [6.07, 6.45) is 0.850. The molecule has 1 aromatic carbocycles. The summed E-state index contributed by atoms with van der Waals surface area (Å²) in [7, 11) is 0. The summed E-state index contributed by atoms with van der Waals surface area (Å²) in [5, 5.41) is -0.0568. The molecule has 1 aliphatic rings. The highest BCUT2D eigenvalue weighted by Crippen LogP contribution is 2.35. The first-order valence-electron chi connectivity index (χ1n) is 4.78. The zero-order valence-electron chi connectivity index (χ0n) is 8.27. The van der Waals surface area contributed by atoms with Crippen LogP contribution in [0.5, 0.6) is 0 Å². The van der Waals surface area contributed by atoms with E-state index in [9.17, 15) is 4.79 Å². The molecule has 1 saturated heterocycles. The quantitative estimate of drug-likeness (QED) is 0.781. The number of esters is 1. The highest BCUT2D eigenvalue weighted by atomic mass is 79.9. The Kier molecular flexibility index (Phi) is 3.36. The van der Waals surface area contributed by atoms with Gasteiger partial charge in [0.2, 0.25) is 0 Å². The van der Waals surface area contributed by atoms with Gasteiger partial charge in [-0.3, -0.25) is 4.79 Å². The fourth-order valence-corrected chi connectivity index (χ4v) is 3.24. The van der Waals surface area contributed by atoms with Gasteiger partial charge in [-0.25, -0.2) is 0 Å². The molecule has 2 rings (SSSR count). The van der Waals surface area contributed by atoms with Crippen molar-refractivity contribution in [3.8, 4) is 0 Å². The number of hydrogen-bond donors (Lipinski definition) is 0. The second kappa shape index (κ2) is 4.58. The van der Waals surface area contributed by atoms with E-state index in [-0.39, 0.29) is 17.3 Å². The number of cyclic esters (lactones) is 1. The third-order valence-corrected chi connectivity index (χ3v) is 4.47. The van der Waals surface area contributed by atoms with Crippen molar-refractivity contribution in [1.82, 2.24) is 0 Å². The van der Waals surface area contributed by atoms with Gasteiger partial charge in [0.1, 0.15) is 11.4 Å². The summed E-state index contributed by atoms with van der Waals surface area (Å²) in [5.74, 6) is -0.0942. The van der Waals surface area contributed by atoms with Crippen molar-refractivity contribution in [2.45, 2.75) is 29.6 Å². The normalized spacial score (nSPS) is 25.3. The average molecular weight is 287 g/mol. The summed E-state index contributed by atoms with van der Waals surface area (Å²) >= 11 is 5.03. The minimum atomic E-state index is -0.0942. The average Bonchev–Trinajstić information content (AvgIpc) is 2.49. The zero-order valence-corrected chi connectivity index (χ0v) is 10.7. The van der Waals surface area contributed by atoms with Crippen LogP contribution in [0.4, 0.5) is 0 Å². The van der Waals surface area contributed by atoms with Gasteiger partial charge in [-0.15, -0.1) is 11.8 Å². The third kappa shape index (κ3) is 2.55. The van der Waals surface area contributed by atoms with Gasteiger partial charge in [0.25, 0.3) is 0 Å². The van der Waals surface area contributed by atoms with Crippen LogP contribution in [-0.2, 0) is 9.53 Å². The molecule has 2 atom stereocenters. The molecule has 0 unspecified atom stereocenters. The number of halogens is 1. The van der Waals surface area contributed by atoms with Crippen LogP contribution in [0, 0.1) is 0 Å². The van der Waals surface area contributed by atoms with Gasteiger partial charge < -0.3 is 4.74 Å². The van der Waals surface area contributed by atoms with Crippen molar-refractivity contribution in [1.29, 1.82) is 0 Å². The van der Waals surface area contributed by atoms with Crippen LogP contribution in [0.2, 0.25) is 0 Å². The van der Waals surface area contributed by atoms with Gasteiger partial charge in [0.05, 0.1) is 0 Å². The lowest BCUT2D eigenvalue weighted by Crippen LogP contribution is -2.09. The fourth-order valence-electron chi connectivity index (χ4n) is 1.51. The Labute approximate surface area is 102 Å². The van der Waals surface area contributed by atoms with E-state index < -0.39 is 0 Å². The molecule has 1 fully saturated rings. The molecule has 0 N–H and O–H groups in total. The predicted molar refractivity (Wildman–Crippen MR) is 64.0 cm³/mol. The van der Waals surface area contributed by atoms with Crippen LogP contribution < -0.4 is 0 Å². The van der Waals surface area contributed by atoms with Gasteiger partial charge in [0.15, 0.2) is 0 Å². The molecule has 2 nitrogen and oxygen atoms in total. The minimum absolute atomic E-state index is 0.0532. The molecule has 1 aromatic rings. The Morgan fingerprint density at radius 3 is 2.80 bits per heavy atom. The van der Waals surface area contributed by atoms with Crippen LogP contribution in [0.25, 0.3) is 0 Å². The Morgan fingerprint density at radius 2 is 2.20 bits per heavy atom. The van der Waals surface area contributed by atoms with E-state index in [0.717, 1.165) is 15.8 Å². The Bertz CT molecular complexity index is 381. The van der Waals surface area contributed by atoms with E-state index in [2.05, 4.69) is 15.9 Å². The van der Waals surface area contributed by atoms with E-state index in [1.165, 1.54) is 0 Å². The predicted octanol–water partition coefficient (Wildman–Crippen LogP) is 3.25. The van der Waals surface area contributed by atoms with Crippen LogP contribution in [-0.4, -0.2) is 17.3 Å². The molecular formula is C11H11BrO2S. The monoisotopic (exact) mass is 286 g/mol. The number of thioether (sulfide) groups is 1. The topological polar surface area (TPSA) is 26.3 Å². The number of hydrogen-bond acceptors (Lipinski definition) is 3. The molecule has 0 aliphatic carbocycles. The van der Waals surface area contributed by atoms with Crippen molar-refractivity contribution in [2.75, 3.05) is 0 Å². The molecule has 0 radical (unpaired) electrons.